The van der Waals surface area contributed by atoms with Crippen molar-refractivity contribution >= 4 is 14.3 Å². The van der Waals surface area contributed by atoms with Crippen LogP contribution in [0.15, 0.2) is 49.1 Å². The SMILES string of the molecule is C=CC[C@H](CC[C@@H](/C=C/C(=O)O)OCc1ccc(OC)cc1)O[Si](C)(C)C(C)(C)C. The van der Waals surface area contributed by atoms with Gasteiger partial charge in [-0.05, 0) is 61.2 Å². The largest absolute Gasteiger partial charge is 0.497 e. The number of methoxy groups -OCH3 is 1. The Hall–Kier alpha value is -1.89. The van der Waals surface area contributed by atoms with Gasteiger partial charge in [-0.3, -0.25) is 0 Å². The topological polar surface area (TPSA) is 65.0 Å². The van der Waals surface area contributed by atoms with Gasteiger partial charge < -0.3 is 19.0 Å². The molecule has 0 spiro atoms. The first-order chi connectivity index (χ1) is 14.0. The van der Waals surface area contributed by atoms with Gasteiger partial charge in [-0.25, -0.2) is 4.79 Å². The third-order valence-corrected chi connectivity index (χ3v) is 10.1. The number of ether oxygens (including phenoxy) is 2. The van der Waals surface area contributed by atoms with Crippen LogP contribution in [0.4, 0.5) is 0 Å². The Balaban J connectivity index is 2.78. The smallest absolute Gasteiger partial charge is 0.328 e. The Labute approximate surface area is 182 Å². The predicted octanol–water partition coefficient (Wildman–Crippen LogP) is 5.97. The maximum Gasteiger partial charge on any atom is 0.328 e. The number of benzene rings is 1. The summed E-state index contributed by atoms with van der Waals surface area (Å²) >= 11 is 0. The summed E-state index contributed by atoms with van der Waals surface area (Å²) in [5.74, 6) is -0.190. The second kappa shape index (κ2) is 12.1. The molecule has 0 aliphatic carbocycles. The number of hydrogen-bond donors (Lipinski definition) is 1. The fraction of sp³-hybridized carbons (Fsp3) is 0.542. The maximum absolute atomic E-state index is 11.0. The van der Waals surface area contributed by atoms with Crippen molar-refractivity contribution in [2.75, 3.05) is 7.11 Å². The van der Waals surface area contributed by atoms with Crippen LogP contribution in [0.1, 0.15) is 45.6 Å². The Morgan fingerprint density at radius 1 is 1.20 bits per heavy atom. The molecule has 2 atom stereocenters. The van der Waals surface area contributed by atoms with Gasteiger partial charge in [-0.2, -0.15) is 0 Å². The monoisotopic (exact) mass is 434 g/mol. The third kappa shape index (κ3) is 9.28. The molecule has 0 saturated heterocycles. The molecular weight excluding hydrogens is 396 g/mol. The Morgan fingerprint density at radius 3 is 2.33 bits per heavy atom. The molecule has 0 heterocycles. The van der Waals surface area contributed by atoms with Crippen LogP contribution in [0, 0.1) is 0 Å². The predicted molar refractivity (Wildman–Crippen MR) is 124 cm³/mol. The van der Waals surface area contributed by atoms with Gasteiger partial charge in [0.15, 0.2) is 8.32 Å². The Kier molecular flexibility index (Phi) is 10.5. The molecule has 1 aromatic carbocycles. The van der Waals surface area contributed by atoms with Gasteiger partial charge in [0.05, 0.1) is 19.8 Å². The summed E-state index contributed by atoms with van der Waals surface area (Å²) in [6.07, 6.45) is 6.60. The molecular formula is C24H38O5Si. The molecule has 0 saturated carbocycles. The normalized spacial score (nSPS) is 14.5. The molecule has 168 valence electrons. The van der Waals surface area contributed by atoms with Crippen LogP contribution in [0.2, 0.25) is 18.1 Å². The lowest BCUT2D eigenvalue weighted by molar-refractivity contribution is -0.131. The van der Waals surface area contributed by atoms with E-state index < -0.39 is 14.3 Å². The molecule has 1 aromatic rings. The van der Waals surface area contributed by atoms with Crippen LogP contribution < -0.4 is 4.74 Å². The highest BCUT2D eigenvalue weighted by Gasteiger charge is 2.38. The summed E-state index contributed by atoms with van der Waals surface area (Å²) in [5, 5.41) is 9.15. The molecule has 0 bridgehead atoms. The van der Waals surface area contributed by atoms with Gasteiger partial charge in [-0.15, -0.1) is 6.58 Å². The van der Waals surface area contributed by atoms with Crippen molar-refractivity contribution in [3.05, 3.63) is 54.6 Å². The number of carboxylic acid groups (broad SMARTS) is 1. The van der Waals surface area contributed by atoms with E-state index in [9.17, 15) is 4.79 Å². The molecule has 0 radical (unpaired) electrons. The van der Waals surface area contributed by atoms with Crippen molar-refractivity contribution in [1.29, 1.82) is 0 Å². The van der Waals surface area contributed by atoms with E-state index in [2.05, 4.69) is 40.4 Å². The van der Waals surface area contributed by atoms with Crippen LogP contribution in [-0.4, -0.2) is 38.7 Å². The number of hydrogen-bond acceptors (Lipinski definition) is 4. The van der Waals surface area contributed by atoms with E-state index >= 15 is 0 Å². The highest BCUT2D eigenvalue weighted by molar-refractivity contribution is 6.74. The van der Waals surface area contributed by atoms with Gasteiger partial charge in [0, 0.05) is 12.2 Å². The van der Waals surface area contributed by atoms with Crippen LogP contribution >= 0.6 is 0 Å². The fourth-order valence-corrected chi connectivity index (χ4v) is 4.11. The lowest BCUT2D eigenvalue weighted by Crippen LogP contribution is -2.44. The molecule has 0 fully saturated rings. The molecule has 0 aliphatic rings. The summed E-state index contributed by atoms with van der Waals surface area (Å²) in [7, 11) is -0.278. The highest BCUT2D eigenvalue weighted by atomic mass is 28.4. The van der Waals surface area contributed by atoms with Gasteiger partial charge in [0.2, 0.25) is 0 Å². The van der Waals surface area contributed by atoms with Crippen LogP contribution in [0.5, 0.6) is 5.75 Å². The van der Waals surface area contributed by atoms with E-state index in [-0.39, 0.29) is 17.2 Å². The fourth-order valence-electron chi connectivity index (χ4n) is 2.70. The van der Waals surface area contributed by atoms with E-state index in [4.69, 9.17) is 19.0 Å². The van der Waals surface area contributed by atoms with Crippen LogP contribution in [0.25, 0.3) is 0 Å². The van der Waals surface area contributed by atoms with E-state index in [1.165, 1.54) is 0 Å². The average Bonchev–Trinajstić information content (AvgIpc) is 2.66. The molecule has 1 rings (SSSR count). The lowest BCUT2D eigenvalue weighted by Gasteiger charge is -2.39. The Bertz CT molecular complexity index is 689. The number of carbonyl (C=O) groups is 1. The summed E-state index contributed by atoms with van der Waals surface area (Å²) in [5.41, 5.74) is 1.00. The summed E-state index contributed by atoms with van der Waals surface area (Å²) < 4.78 is 17.8. The van der Waals surface area contributed by atoms with E-state index in [0.717, 1.165) is 30.2 Å². The molecule has 0 aliphatic heterocycles. The first-order valence-corrected chi connectivity index (χ1v) is 13.3. The van der Waals surface area contributed by atoms with Crippen molar-refractivity contribution in [3.63, 3.8) is 0 Å². The zero-order valence-corrected chi connectivity index (χ0v) is 20.3. The first-order valence-electron chi connectivity index (χ1n) is 10.4. The second-order valence-corrected chi connectivity index (χ2v) is 13.8. The first kappa shape index (κ1) is 26.1. The van der Waals surface area contributed by atoms with E-state index in [0.29, 0.717) is 13.0 Å². The van der Waals surface area contributed by atoms with Crippen molar-refractivity contribution in [2.24, 2.45) is 0 Å². The second-order valence-electron chi connectivity index (χ2n) is 9.00. The molecule has 1 N–H and O–H groups in total. The lowest BCUT2D eigenvalue weighted by atomic mass is 10.1. The maximum atomic E-state index is 11.0. The standard InChI is InChI=1S/C24H38O5Si/c1-8-9-22(29-30(6,7)24(2,3)4)15-14-21(16-17-23(25)26)28-18-19-10-12-20(27-5)13-11-19/h8,10-13,16-17,21-22H,1,9,14-15,18H2,2-7H3,(H,25,26)/b17-16+/t21-,22+/m0/s1. The summed E-state index contributed by atoms with van der Waals surface area (Å²) in [6, 6.07) is 7.65. The zero-order chi connectivity index (χ0) is 22.8. The molecule has 0 amide bonds. The van der Waals surface area contributed by atoms with Crippen molar-refractivity contribution in [2.45, 2.75) is 77.0 Å². The molecule has 5 nitrogen and oxygen atoms in total. The molecule has 0 unspecified atom stereocenters. The zero-order valence-electron chi connectivity index (χ0n) is 19.3. The van der Waals surface area contributed by atoms with Crippen molar-refractivity contribution in [3.8, 4) is 5.75 Å². The molecule has 30 heavy (non-hydrogen) atoms. The summed E-state index contributed by atoms with van der Waals surface area (Å²) in [6.45, 7) is 15.4. The third-order valence-electron chi connectivity index (χ3n) is 5.55. The van der Waals surface area contributed by atoms with Crippen LogP contribution in [-0.2, 0) is 20.6 Å². The average molecular weight is 435 g/mol. The molecule has 6 heteroatoms. The van der Waals surface area contributed by atoms with Gasteiger partial charge in [0.1, 0.15) is 5.75 Å². The van der Waals surface area contributed by atoms with Crippen molar-refractivity contribution < 1.29 is 23.8 Å². The van der Waals surface area contributed by atoms with Crippen molar-refractivity contribution in [1.82, 2.24) is 0 Å². The number of rotatable bonds is 13. The molecule has 0 aromatic heterocycles. The summed E-state index contributed by atoms with van der Waals surface area (Å²) in [4.78, 5) is 11.0. The quantitative estimate of drug-likeness (QED) is 0.235. The van der Waals surface area contributed by atoms with E-state index in [1.54, 1.807) is 13.2 Å². The van der Waals surface area contributed by atoms with Gasteiger partial charge >= 0.3 is 5.97 Å². The minimum atomic E-state index is -1.91. The highest BCUT2D eigenvalue weighted by Crippen LogP contribution is 2.38. The van der Waals surface area contributed by atoms with E-state index in [1.807, 2.05) is 30.3 Å². The Morgan fingerprint density at radius 2 is 1.83 bits per heavy atom. The number of carboxylic acids is 1. The minimum Gasteiger partial charge on any atom is -0.497 e. The minimum absolute atomic E-state index is 0.0497. The number of aliphatic carboxylic acids is 1. The van der Waals surface area contributed by atoms with Gasteiger partial charge in [0.25, 0.3) is 0 Å². The van der Waals surface area contributed by atoms with Crippen LogP contribution in [0.3, 0.4) is 0 Å². The van der Waals surface area contributed by atoms with Gasteiger partial charge in [-0.1, -0.05) is 39.0 Å².